The molecule has 0 saturated heterocycles. The van der Waals surface area contributed by atoms with Crippen molar-refractivity contribution in [2.45, 2.75) is 0 Å². The Morgan fingerprint density at radius 2 is 0.911 bits per heavy atom. The summed E-state index contributed by atoms with van der Waals surface area (Å²) in [4.78, 5) is 0. The quantitative estimate of drug-likeness (QED) is 0.188. The Hall–Kier alpha value is -5.92. The zero-order valence-corrected chi connectivity index (χ0v) is 23.7. The fourth-order valence-corrected chi connectivity index (χ4v) is 6.39. The van der Waals surface area contributed by atoms with Gasteiger partial charge < -0.3 is 4.42 Å². The number of hydrogen-bond acceptors (Lipinski definition) is 1. The van der Waals surface area contributed by atoms with Gasteiger partial charge in [-0.15, -0.1) is 0 Å². The first-order valence-electron chi connectivity index (χ1n) is 20.1. The van der Waals surface area contributed by atoms with E-state index in [1.807, 2.05) is 91.0 Å². The molecule has 0 fully saturated rings. The van der Waals surface area contributed by atoms with Crippen molar-refractivity contribution in [3.63, 3.8) is 0 Å². The van der Waals surface area contributed by atoms with E-state index in [9.17, 15) is 2.74 Å². The monoisotopic (exact) mass is 583 g/mol. The third-order valence-electron chi connectivity index (χ3n) is 8.28. The fraction of sp³-hybridized carbons (Fsp3) is 0. The van der Waals surface area contributed by atoms with Gasteiger partial charge in [0.15, 0.2) is 0 Å². The normalized spacial score (nSPS) is 15.0. The standard InChI is InChI=1S/C44H28O/c1-3-15-29(16-4-1)31-19-7-8-21-33(31)43-34-22-9-11-24-36(34)44(37-25-12-10-23-35(37)43)40-28-42-39(32-20-13-14-26-41(32)45-42)27-38(40)30-17-5-2-6-18-30/h1-28H/i1D,3D,4D,13D,14D,15D,16D,20D,26D,27D,28D. The van der Waals surface area contributed by atoms with Crippen molar-refractivity contribution in [2.24, 2.45) is 0 Å². The lowest BCUT2D eigenvalue weighted by atomic mass is 9.82. The van der Waals surface area contributed by atoms with Crippen LogP contribution in [-0.4, -0.2) is 0 Å². The van der Waals surface area contributed by atoms with Gasteiger partial charge in [-0.1, -0.05) is 151 Å². The zero-order valence-electron chi connectivity index (χ0n) is 34.7. The van der Waals surface area contributed by atoms with E-state index in [0.717, 1.165) is 16.3 Å². The van der Waals surface area contributed by atoms with Crippen LogP contribution in [0.15, 0.2) is 174 Å². The molecule has 0 aliphatic carbocycles. The SMILES string of the molecule is [2H]c1c([2H])c([2H])c(-c2ccccc2-c2c3ccccc3c(-c3c(-c4ccccc4)c([2H])c4c(oc5c([2H])c([2H])c([2H])c([2H])c54)c3[2H])c3ccccc23)c([2H])c1[2H]. The molecule has 0 spiro atoms. The van der Waals surface area contributed by atoms with Gasteiger partial charge in [0.05, 0.1) is 15.1 Å². The number of furan rings is 1. The predicted molar refractivity (Wildman–Crippen MR) is 190 cm³/mol. The van der Waals surface area contributed by atoms with Gasteiger partial charge in [-0.3, -0.25) is 0 Å². The van der Waals surface area contributed by atoms with Crippen molar-refractivity contribution >= 4 is 43.5 Å². The maximum Gasteiger partial charge on any atom is 0.136 e. The summed E-state index contributed by atoms with van der Waals surface area (Å²) < 4.78 is 103. The second-order valence-electron chi connectivity index (χ2n) is 10.8. The van der Waals surface area contributed by atoms with Gasteiger partial charge in [-0.25, -0.2) is 0 Å². The molecule has 0 aliphatic heterocycles. The Morgan fingerprint density at radius 1 is 0.356 bits per heavy atom. The van der Waals surface area contributed by atoms with Crippen molar-refractivity contribution in [2.75, 3.05) is 0 Å². The average molecular weight is 584 g/mol. The molecule has 8 aromatic carbocycles. The molecule has 1 aromatic heterocycles. The summed E-state index contributed by atoms with van der Waals surface area (Å²) in [6.07, 6.45) is 0. The van der Waals surface area contributed by atoms with E-state index in [2.05, 4.69) is 0 Å². The number of rotatable bonds is 4. The second-order valence-corrected chi connectivity index (χ2v) is 10.8. The van der Waals surface area contributed by atoms with Crippen LogP contribution in [0, 0.1) is 0 Å². The van der Waals surface area contributed by atoms with Gasteiger partial charge in [0.1, 0.15) is 11.2 Å². The molecule has 9 aromatic rings. The summed E-state index contributed by atoms with van der Waals surface area (Å²) in [6.45, 7) is 0. The van der Waals surface area contributed by atoms with Crippen LogP contribution in [0.5, 0.6) is 0 Å². The molecule has 210 valence electrons. The summed E-state index contributed by atoms with van der Waals surface area (Å²) in [7, 11) is 0. The first kappa shape index (κ1) is 16.8. The minimum Gasteiger partial charge on any atom is -0.456 e. The smallest absolute Gasteiger partial charge is 0.136 e. The maximum absolute atomic E-state index is 9.88. The lowest BCUT2D eigenvalue weighted by molar-refractivity contribution is 0.669. The van der Waals surface area contributed by atoms with Gasteiger partial charge in [-0.05, 0) is 84.2 Å². The number of fused-ring (bicyclic) bond motifs is 5. The minimum absolute atomic E-state index is 0.0320. The molecule has 0 saturated carbocycles. The Bertz CT molecular complexity index is 3070. The molecule has 0 aliphatic rings. The minimum atomic E-state index is -0.477. The molecule has 0 atom stereocenters. The van der Waals surface area contributed by atoms with Crippen LogP contribution < -0.4 is 0 Å². The number of benzene rings is 8. The molecule has 1 nitrogen and oxygen atoms in total. The van der Waals surface area contributed by atoms with Gasteiger partial charge >= 0.3 is 0 Å². The van der Waals surface area contributed by atoms with E-state index in [1.54, 1.807) is 12.1 Å². The summed E-state index contributed by atoms with van der Waals surface area (Å²) in [6, 6.07) is 27.9. The summed E-state index contributed by atoms with van der Waals surface area (Å²) in [5.41, 5.74) is 3.77. The van der Waals surface area contributed by atoms with Crippen molar-refractivity contribution in [3.8, 4) is 44.5 Å². The summed E-state index contributed by atoms with van der Waals surface area (Å²) >= 11 is 0. The van der Waals surface area contributed by atoms with E-state index in [-0.39, 0.29) is 57.7 Å². The topological polar surface area (TPSA) is 13.1 Å². The van der Waals surface area contributed by atoms with Crippen LogP contribution in [0.3, 0.4) is 0 Å². The van der Waals surface area contributed by atoms with Crippen molar-refractivity contribution < 1.29 is 19.5 Å². The molecule has 0 unspecified atom stereocenters. The lowest BCUT2D eigenvalue weighted by Gasteiger charge is -2.21. The van der Waals surface area contributed by atoms with Crippen LogP contribution in [0.4, 0.5) is 0 Å². The van der Waals surface area contributed by atoms with E-state index in [4.69, 9.17) is 16.8 Å². The molecule has 0 N–H and O–H groups in total. The Kier molecular flexibility index (Phi) is 3.87. The Balaban J connectivity index is 1.47. The Morgan fingerprint density at radius 3 is 1.60 bits per heavy atom. The number of hydrogen-bond donors (Lipinski definition) is 0. The van der Waals surface area contributed by atoms with Crippen LogP contribution in [0.25, 0.3) is 88.0 Å². The largest absolute Gasteiger partial charge is 0.456 e. The van der Waals surface area contributed by atoms with Crippen molar-refractivity contribution in [1.82, 2.24) is 0 Å². The van der Waals surface area contributed by atoms with E-state index in [1.165, 1.54) is 0 Å². The molecule has 1 heteroatoms. The molecule has 9 rings (SSSR count). The molecule has 0 radical (unpaired) electrons. The highest BCUT2D eigenvalue weighted by Gasteiger charge is 2.22. The van der Waals surface area contributed by atoms with Crippen LogP contribution in [0.1, 0.15) is 15.1 Å². The number of para-hydroxylation sites is 1. The second kappa shape index (κ2) is 10.4. The highest BCUT2D eigenvalue weighted by molar-refractivity contribution is 6.24. The fourth-order valence-electron chi connectivity index (χ4n) is 6.39. The average Bonchev–Trinajstić information content (AvgIpc) is 3.64. The van der Waals surface area contributed by atoms with Gasteiger partial charge in [-0.2, -0.15) is 0 Å². The first-order chi connectivity index (χ1) is 26.9. The maximum atomic E-state index is 9.88. The molecule has 1 heterocycles. The molecule has 45 heavy (non-hydrogen) atoms. The Labute approximate surface area is 277 Å². The predicted octanol–water partition coefficient (Wildman–Crippen LogP) is 12.6. The molecular weight excluding hydrogens is 544 g/mol. The summed E-state index contributed by atoms with van der Waals surface area (Å²) in [5.74, 6) is 0. The van der Waals surface area contributed by atoms with Crippen molar-refractivity contribution in [1.29, 1.82) is 0 Å². The van der Waals surface area contributed by atoms with E-state index >= 15 is 0 Å². The van der Waals surface area contributed by atoms with Crippen LogP contribution in [-0.2, 0) is 0 Å². The van der Waals surface area contributed by atoms with Crippen LogP contribution in [0.2, 0.25) is 0 Å². The van der Waals surface area contributed by atoms with Crippen LogP contribution >= 0.6 is 0 Å². The first-order valence-corrected chi connectivity index (χ1v) is 14.6. The van der Waals surface area contributed by atoms with E-state index < -0.39 is 36.3 Å². The highest BCUT2D eigenvalue weighted by Crippen LogP contribution is 2.49. The van der Waals surface area contributed by atoms with E-state index in [0.29, 0.717) is 44.2 Å². The summed E-state index contributed by atoms with van der Waals surface area (Å²) in [5, 5.41) is 3.08. The third-order valence-corrected chi connectivity index (χ3v) is 8.28. The van der Waals surface area contributed by atoms with Gasteiger partial charge in [0.25, 0.3) is 0 Å². The molecule has 0 amide bonds. The van der Waals surface area contributed by atoms with Gasteiger partial charge in [0.2, 0.25) is 0 Å². The van der Waals surface area contributed by atoms with Gasteiger partial charge in [0, 0.05) is 10.8 Å². The lowest BCUT2D eigenvalue weighted by Crippen LogP contribution is -1.94. The highest BCUT2D eigenvalue weighted by atomic mass is 16.3. The van der Waals surface area contributed by atoms with Crippen molar-refractivity contribution in [3.05, 3.63) is 170 Å². The molecule has 0 bridgehead atoms. The zero-order chi connectivity index (χ0) is 39.3. The molecular formula is C44H28O. The third kappa shape index (κ3) is 4.09.